The van der Waals surface area contributed by atoms with Gasteiger partial charge in [0, 0.05) is 22.8 Å². The van der Waals surface area contributed by atoms with Crippen molar-refractivity contribution in [2.45, 2.75) is 25.2 Å². The fourth-order valence-electron chi connectivity index (χ4n) is 3.01. The van der Waals surface area contributed by atoms with E-state index in [1.54, 1.807) is 42.5 Å². The highest BCUT2D eigenvalue weighted by Crippen LogP contribution is 2.27. The second-order valence-corrected chi connectivity index (χ2v) is 8.12. The van der Waals surface area contributed by atoms with Gasteiger partial charge in [0.05, 0.1) is 26.5 Å². The number of carbonyl (C=O) groups excluding carboxylic acids is 2. The van der Waals surface area contributed by atoms with Gasteiger partial charge in [-0.1, -0.05) is 29.4 Å². The van der Waals surface area contributed by atoms with Crippen molar-refractivity contribution in [3.8, 4) is 11.5 Å². The number of amides is 2. The van der Waals surface area contributed by atoms with Crippen molar-refractivity contribution in [3.63, 3.8) is 0 Å². The van der Waals surface area contributed by atoms with E-state index in [9.17, 15) is 9.59 Å². The fourth-order valence-corrected chi connectivity index (χ4v) is 4.02. The predicted octanol–water partition coefficient (Wildman–Crippen LogP) is 3.63. The lowest BCUT2D eigenvalue weighted by atomic mass is 10.2. The van der Waals surface area contributed by atoms with Crippen molar-refractivity contribution in [1.82, 2.24) is 20.1 Å². The number of benzene rings is 2. The van der Waals surface area contributed by atoms with Crippen LogP contribution in [0, 0.1) is 0 Å². The van der Waals surface area contributed by atoms with Gasteiger partial charge in [-0.25, -0.2) is 0 Å². The quantitative estimate of drug-likeness (QED) is 0.419. The summed E-state index contributed by atoms with van der Waals surface area (Å²) in [5, 5.41) is 15.1. The number of halogens is 1. The Morgan fingerprint density at radius 3 is 2.58 bits per heavy atom. The van der Waals surface area contributed by atoms with E-state index in [1.807, 2.05) is 11.5 Å². The number of carbonyl (C=O) groups is 2. The van der Waals surface area contributed by atoms with Gasteiger partial charge in [-0.2, -0.15) is 0 Å². The van der Waals surface area contributed by atoms with Crippen molar-refractivity contribution in [3.05, 3.63) is 58.9 Å². The zero-order chi connectivity index (χ0) is 23.8. The molecule has 9 nitrogen and oxygen atoms in total. The molecule has 0 bridgehead atoms. The molecule has 0 spiro atoms. The second-order valence-electron chi connectivity index (χ2n) is 6.74. The minimum absolute atomic E-state index is 0.155. The lowest BCUT2D eigenvalue weighted by Gasteiger charge is -2.11. The predicted molar refractivity (Wildman–Crippen MR) is 127 cm³/mol. The largest absolute Gasteiger partial charge is 0.493 e. The molecule has 0 atom stereocenters. The van der Waals surface area contributed by atoms with Gasteiger partial charge in [-0.3, -0.25) is 9.59 Å². The third kappa shape index (κ3) is 6.39. The molecule has 1 heterocycles. The number of nitrogens with one attached hydrogen (secondary N) is 2. The Morgan fingerprint density at radius 1 is 1.09 bits per heavy atom. The first-order valence-electron chi connectivity index (χ1n) is 10.1. The summed E-state index contributed by atoms with van der Waals surface area (Å²) >= 11 is 7.21. The third-order valence-corrected chi connectivity index (χ3v) is 5.81. The molecule has 2 amide bonds. The second kappa shape index (κ2) is 11.6. The zero-order valence-corrected chi connectivity index (χ0v) is 20.0. The number of methoxy groups -OCH3 is 2. The first-order chi connectivity index (χ1) is 15.9. The van der Waals surface area contributed by atoms with Crippen LogP contribution in [0.25, 0.3) is 0 Å². The minimum Gasteiger partial charge on any atom is -0.493 e. The monoisotopic (exact) mass is 489 g/mol. The summed E-state index contributed by atoms with van der Waals surface area (Å²) in [6, 6.07) is 11.9. The average Bonchev–Trinajstić information content (AvgIpc) is 3.22. The number of anilines is 1. The number of nitrogens with zero attached hydrogens (tertiary/aromatic N) is 3. The summed E-state index contributed by atoms with van der Waals surface area (Å²) in [7, 11) is 3.05. The van der Waals surface area contributed by atoms with Crippen molar-refractivity contribution in [1.29, 1.82) is 0 Å². The Labute approximate surface area is 200 Å². The molecule has 0 aliphatic heterocycles. The summed E-state index contributed by atoms with van der Waals surface area (Å²) in [5.41, 5.74) is 1.06. The van der Waals surface area contributed by atoms with Crippen LogP contribution in [-0.4, -0.2) is 46.6 Å². The highest BCUT2D eigenvalue weighted by Gasteiger charge is 2.16. The van der Waals surface area contributed by atoms with Crippen LogP contribution in [0.2, 0.25) is 5.02 Å². The molecule has 1 aromatic heterocycles. The molecule has 174 valence electrons. The molecule has 0 unspecified atom stereocenters. The standard InChI is InChI=1S/C22H24ClN5O4S/c1-4-28-19(12-24-21(30)14-8-9-17(31-2)18(10-14)32-3)26-27-22(28)33-13-20(29)25-16-7-5-6-15(23)11-16/h5-11H,4,12-13H2,1-3H3,(H,24,30)(H,25,29). The highest BCUT2D eigenvalue weighted by atomic mass is 35.5. The summed E-state index contributed by atoms with van der Waals surface area (Å²) in [4.78, 5) is 24.8. The van der Waals surface area contributed by atoms with E-state index in [1.165, 1.54) is 26.0 Å². The molecule has 0 saturated heterocycles. The maximum atomic E-state index is 12.6. The molecule has 3 rings (SSSR count). The topological polar surface area (TPSA) is 107 Å². The molecule has 3 aromatic rings. The number of aromatic nitrogens is 3. The van der Waals surface area contributed by atoms with Crippen molar-refractivity contribution < 1.29 is 19.1 Å². The van der Waals surface area contributed by atoms with Gasteiger partial charge in [-0.05, 0) is 43.3 Å². The van der Waals surface area contributed by atoms with E-state index in [0.29, 0.717) is 45.3 Å². The van der Waals surface area contributed by atoms with E-state index < -0.39 is 0 Å². The van der Waals surface area contributed by atoms with Crippen molar-refractivity contribution >= 4 is 40.9 Å². The van der Waals surface area contributed by atoms with E-state index in [2.05, 4.69) is 20.8 Å². The summed E-state index contributed by atoms with van der Waals surface area (Å²) < 4.78 is 12.3. The van der Waals surface area contributed by atoms with Gasteiger partial charge >= 0.3 is 0 Å². The Balaban J connectivity index is 1.58. The molecule has 2 aromatic carbocycles. The molecule has 0 aliphatic carbocycles. The van der Waals surface area contributed by atoms with Crippen LogP contribution in [0.3, 0.4) is 0 Å². The number of thioether (sulfide) groups is 1. The van der Waals surface area contributed by atoms with E-state index in [4.69, 9.17) is 21.1 Å². The van der Waals surface area contributed by atoms with Crippen LogP contribution in [0.15, 0.2) is 47.6 Å². The van der Waals surface area contributed by atoms with Crippen LogP contribution in [0.4, 0.5) is 5.69 Å². The van der Waals surface area contributed by atoms with Gasteiger partial charge in [0.1, 0.15) is 0 Å². The smallest absolute Gasteiger partial charge is 0.251 e. The molecular weight excluding hydrogens is 466 g/mol. The normalized spacial score (nSPS) is 10.5. The maximum Gasteiger partial charge on any atom is 0.251 e. The fraction of sp³-hybridized carbons (Fsp3) is 0.273. The van der Waals surface area contributed by atoms with Crippen LogP contribution in [0.5, 0.6) is 11.5 Å². The summed E-state index contributed by atoms with van der Waals surface area (Å²) in [6.07, 6.45) is 0. The van der Waals surface area contributed by atoms with E-state index >= 15 is 0 Å². The summed E-state index contributed by atoms with van der Waals surface area (Å²) in [5.74, 6) is 1.29. The highest BCUT2D eigenvalue weighted by molar-refractivity contribution is 7.99. The first-order valence-corrected chi connectivity index (χ1v) is 11.4. The zero-order valence-electron chi connectivity index (χ0n) is 18.4. The van der Waals surface area contributed by atoms with Crippen LogP contribution >= 0.6 is 23.4 Å². The minimum atomic E-state index is -0.281. The van der Waals surface area contributed by atoms with Gasteiger partial charge < -0.3 is 24.7 Å². The van der Waals surface area contributed by atoms with Gasteiger partial charge in [0.15, 0.2) is 22.5 Å². The Kier molecular flexibility index (Phi) is 8.56. The van der Waals surface area contributed by atoms with Gasteiger partial charge in [0.2, 0.25) is 5.91 Å². The third-order valence-electron chi connectivity index (χ3n) is 4.60. The summed E-state index contributed by atoms with van der Waals surface area (Å²) in [6.45, 7) is 2.72. The molecule has 0 saturated carbocycles. The van der Waals surface area contributed by atoms with Crippen molar-refractivity contribution in [2.24, 2.45) is 0 Å². The molecule has 2 N–H and O–H groups in total. The van der Waals surface area contributed by atoms with E-state index in [0.717, 1.165) is 0 Å². The maximum absolute atomic E-state index is 12.6. The molecule has 0 fully saturated rings. The number of hydrogen-bond acceptors (Lipinski definition) is 7. The van der Waals surface area contributed by atoms with Crippen LogP contribution < -0.4 is 20.1 Å². The Hall–Kier alpha value is -3.24. The molecule has 0 aliphatic rings. The van der Waals surface area contributed by atoms with Gasteiger partial charge in [-0.15, -0.1) is 10.2 Å². The molecule has 33 heavy (non-hydrogen) atoms. The van der Waals surface area contributed by atoms with Gasteiger partial charge in [0.25, 0.3) is 5.91 Å². The van der Waals surface area contributed by atoms with Crippen molar-refractivity contribution in [2.75, 3.05) is 25.3 Å². The van der Waals surface area contributed by atoms with Crippen LogP contribution in [0.1, 0.15) is 23.1 Å². The lowest BCUT2D eigenvalue weighted by Crippen LogP contribution is -2.25. The van der Waals surface area contributed by atoms with E-state index in [-0.39, 0.29) is 24.1 Å². The SMILES string of the molecule is CCn1c(CNC(=O)c2ccc(OC)c(OC)c2)nnc1SCC(=O)Nc1cccc(Cl)c1. The number of rotatable bonds is 10. The lowest BCUT2D eigenvalue weighted by molar-refractivity contribution is -0.113. The average molecular weight is 490 g/mol. The molecule has 0 radical (unpaired) electrons. The molecule has 11 heteroatoms. The first kappa shape index (κ1) is 24.4. The Morgan fingerprint density at radius 2 is 1.88 bits per heavy atom. The van der Waals surface area contributed by atoms with Crippen LogP contribution in [-0.2, 0) is 17.9 Å². The number of ether oxygens (including phenoxy) is 2. The Bertz CT molecular complexity index is 1140. The number of hydrogen-bond donors (Lipinski definition) is 2. The molecular formula is C22H24ClN5O4S.